The van der Waals surface area contributed by atoms with E-state index in [1.165, 1.54) is 31.5 Å². The highest BCUT2D eigenvalue weighted by atomic mass is 16.3. The predicted molar refractivity (Wildman–Crippen MR) is 64.2 cm³/mol. The van der Waals surface area contributed by atoms with Gasteiger partial charge in [-0.15, -0.1) is 0 Å². The van der Waals surface area contributed by atoms with Crippen LogP contribution >= 0.6 is 0 Å². The minimum absolute atomic E-state index is 0.109. The summed E-state index contributed by atoms with van der Waals surface area (Å²) in [6.07, 6.45) is 3.26. The zero-order valence-electron chi connectivity index (χ0n) is 9.55. The lowest BCUT2D eigenvalue weighted by atomic mass is 9.78. The zero-order valence-corrected chi connectivity index (χ0v) is 9.55. The summed E-state index contributed by atoms with van der Waals surface area (Å²) in [5.41, 5.74) is 1.35. The molecule has 2 bridgehead atoms. The molecule has 3 saturated heterocycles. The van der Waals surface area contributed by atoms with Crippen molar-refractivity contribution in [1.82, 2.24) is 4.90 Å². The molecule has 1 N–H and O–H groups in total. The van der Waals surface area contributed by atoms with Crippen LogP contribution in [0.2, 0.25) is 0 Å². The van der Waals surface area contributed by atoms with E-state index in [2.05, 4.69) is 29.2 Å². The number of piperidine rings is 3. The van der Waals surface area contributed by atoms with Gasteiger partial charge in [-0.25, -0.2) is 0 Å². The third kappa shape index (κ3) is 1.76. The Morgan fingerprint density at radius 1 is 1.12 bits per heavy atom. The van der Waals surface area contributed by atoms with E-state index in [0.29, 0.717) is 12.0 Å². The van der Waals surface area contributed by atoms with Gasteiger partial charge in [0.25, 0.3) is 0 Å². The molecule has 3 aliphatic rings. The van der Waals surface area contributed by atoms with Gasteiger partial charge in [0.15, 0.2) is 0 Å². The van der Waals surface area contributed by atoms with E-state index in [-0.39, 0.29) is 6.10 Å². The number of benzene rings is 1. The first-order valence-electron chi connectivity index (χ1n) is 6.30. The molecule has 3 fully saturated rings. The highest BCUT2D eigenvalue weighted by Crippen LogP contribution is 2.33. The van der Waals surface area contributed by atoms with Crippen LogP contribution in [0.15, 0.2) is 30.3 Å². The molecule has 3 aliphatic heterocycles. The fraction of sp³-hybridized carbons (Fsp3) is 0.571. The lowest BCUT2D eigenvalue weighted by Crippen LogP contribution is -2.58. The quantitative estimate of drug-likeness (QED) is 0.815. The lowest BCUT2D eigenvalue weighted by Gasteiger charge is -2.49. The normalized spacial score (nSPS) is 37.6. The Morgan fingerprint density at radius 3 is 2.44 bits per heavy atom. The molecule has 1 aromatic carbocycles. The maximum atomic E-state index is 10.3. The summed E-state index contributed by atoms with van der Waals surface area (Å²) >= 11 is 0. The molecule has 0 saturated carbocycles. The molecule has 1 aromatic rings. The van der Waals surface area contributed by atoms with Crippen molar-refractivity contribution in [3.8, 4) is 0 Å². The van der Waals surface area contributed by atoms with Crippen LogP contribution in [0.1, 0.15) is 18.4 Å². The van der Waals surface area contributed by atoms with Gasteiger partial charge >= 0.3 is 0 Å². The largest absolute Gasteiger partial charge is 0.391 e. The van der Waals surface area contributed by atoms with Crippen LogP contribution in [0.4, 0.5) is 0 Å². The summed E-state index contributed by atoms with van der Waals surface area (Å²) in [6.45, 7) is 2.36. The molecule has 2 nitrogen and oxygen atoms in total. The maximum absolute atomic E-state index is 10.3. The average molecular weight is 217 g/mol. The Bertz CT molecular complexity index is 341. The molecule has 2 atom stereocenters. The van der Waals surface area contributed by atoms with Gasteiger partial charge in [-0.2, -0.15) is 0 Å². The summed E-state index contributed by atoms with van der Waals surface area (Å²) in [7, 11) is 0. The predicted octanol–water partition coefficient (Wildman–Crippen LogP) is 1.68. The van der Waals surface area contributed by atoms with Crippen molar-refractivity contribution in [2.75, 3.05) is 13.1 Å². The zero-order chi connectivity index (χ0) is 11.0. The third-order valence-electron chi connectivity index (χ3n) is 4.21. The average Bonchev–Trinajstić information content (AvgIpc) is 2.36. The Kier molecular flexibility index (Phi) is 2.70. The first-order chi connectivity index (χ1) is 7.84. The van der Waals surface area contributed by atoms with Crippen molar-refractivity contribution in [3.63, 3.8) is 0 Å². The van der Waals surface area contributed by atoms with E-state index >= 15 is 0 Å². The van der Waals surface area contributed by atoms with Gasteiger partial charge in [0.1, 0.15) is 0 Å². The number of hydrogen-bond donors (Lipinski definition) is 1. The minimum atomic E-state index is -0.109. The number of fused-ring (bicyclic) bond motifs is 3. The van der Waals surface area contributed by atoms with Crippen LogP contribution in [-0.4, -0.2) is 35.2 Å². The van der Waals surface area contributed by atoms with Gasteiger partial charge < -0.3 is 5.11 Å². The van der Waals surface area contributed by atoms with Crippen LogP contribution in [0.3, 0.4) is 0 Å². The molecular formula is C14H19NO. The highest BCUT2D eigenvalue weighted by Gasteiger charge is 2.40. The molecule has 0 radical (unpaired) electrons. The molecule has 3 heterocycles. The molecule has 2 heteroatoms. The molecule has 0 unspecified atom stereocenters. The second kappa shape index (κ2) is 4.19. The van der Waals surface area contributed by atoms with Crippen molar-refractivity contribution >= 4 is 0 Å². The standard InChI is InChI=1S/C14H19NO/c16-14-12-6-8-15(9-7-12)13(14)10-11-4-2-1-3-5-11/h1-5,12-14,16H,6-10H2/t13-,14-/m1/s1. The lowest BCUT2D eigenvalue weighted by molar-refractivity contribution is -0.0715. The Labute approximate surface area is 96.9 Å². The van der Waals surface area contributed by atoms with Crippen LogP contribution < -0.4 is 0 Å². The molecular weight excluding hydrogens is 198 g/mol. The smallest absolute Gasteiger partial charge is 0.0727 e. The fourth-order valence-corrected chi connectivity index (χ4v) is 3.23. The summed E-state index contributed by atoms with van der Waals surface area (Å²) in [5, 5.41) is 10.3. The Morgan fingerprint density at radius 2 is 1.81 bits per heavy atom. The van der Waals surface area contributed by atoms with Crippen molar-refractivity contribution in [1.29, 1.82) is 0 Å². The van der Waals surface area contributed by atoms with E-state index in [9.17, 15) is 5.11 Å². The number of nitrogens with zero attached hydrogens (tertiary/aromatic N) is 1. The first kappa shape index (κ1) is 10.3. The monoisotopic (exact) mass is 217 g/mol. The van der Waals surface area contributed by atoms with Gasteiger partial charge in [0.05, 0.1) is 6.10 Å². The molecule has 0 amide bonds. The summed E-state index contributed by atoms with van der Waals surface area (Å²) in [6, 6.07) is 10.9. The van der Waals surface area contributed by atoms with Crippen molar-refractivity contribution in [2.24, 2.45) is 5.92 Å². The van der Waals surface area contributed by atoms with E-state index < -0.39 is 0 Å². The second-order valence-corrected chi connectivity index (χ2v) is 5.12. The van der Waals surface area contributed by atoms with E-state index in [4.69, 9.17) is 0 Å². The van der Waals surface area contributed by atoms with Crippen molar-refractivity contribution < 1.29 is 5.11 Å². The van der Waals surface area contributed by atoms with E-state index in [1.54, 1.807) is 0 Å². The number of aliphatic hydroxyl groups excluding tert-OH is 1. The van der Waals surface area contributed by atoms with Gasteiger partial charge in [-0.3, -0.25) is 4.90 Å². The van der Waals surface area contributed by atoms with Gasteiger partial charge in [-0.1, -0.05) is 30.3 Å². The second-order valence-electron chi connectivity index (χ2n) is 5.12. The SMILES string of the molecule is O[C@@H]1C2CCN(CC2)[C@@H]1Cc1ccccc1. The van der Waals surface area contributed by atoms with Crippen LogP contribution in [0.5, 0.6) is 0 Å². The van der Waals surface area contributed by atoms with Gasteiger partial charge in [0, 0.05) is 6.04 Å². The molecule has 86 valence electrons. The molecule has 0 aromatic heterocycles. The first-order valence-corrected chi connectivity index (χ1v) is 6.30. The Hall–Kier alpha value is -0.860. The molecule has 4 rings (SSSR count). The summed E-state index contributed by atoms with van der Waals surface area (Å²) in [4.78, 5) is 2.47. The van der Waals surface area contributed by atoms with Gasteiger partial charge in [-0.05, 0) is 43.8 Å². The fourth-order valence-electron chi connectivity index (χ4n) is 3.23. The van der Waals surface area contributed by atoms with Crippen molar-refractivity contribution in [3.05, 3.63) is 35.9 Å². The van der Waals surface area contributed by atoms with E-state index in [0.717, 1.165) is 6.42 Å². The topological polar surface area (TPSA) is 23.5 Å². The number of rotatable bonds is 2. The Balaban J connectivity index is 1.75. The number of hydrogen-bond acceptors (Lipinski definition) is 2. The minimum Gasteiger partial charge on any atom is -0.391 e. The third-order valence-corrected chi connectivity index (χ3v) is 4.21. The van der Waals surface area contributed by atoms with Crippen LogP contribution in [0.25, 0.3) is 0 Å². The highest BCUT2D eigenvalue weighted by molar-refractivity contribution is 5.17. The van der Waals surface area contributed by atoms with Crippen LogP contribution in [0, 0.1) is 5.92 Å². The van der Waals surface area contributed by atoms with E-state index in [1.807, 2.05) is 6.07 Å². The molecule has 16 heavy (non-hydrogen) atoms. The molecule has 0 aliphatic carbocycles. The number of aliphatic hydroxyl groups is 1. The van der Waals surface area contributed by atoms with Crippen LogP contribution in [-0.2, 0) is 6.42 Å². The maximum Gasteiger partial charge on any atom is 0.0727 e. The summed E-state index contributed by atoms with van der Waals surface area (Å²) < 4.78 is 0. The summed E-state index contributed by atoms with van der Waals surface area (Å²) in [5.74, 6) is 0.554. The molecule has 0 spiro atoms. The van der Waals surface area contributed by atoms with Crippen molar-refractivity contribution in [2.45, 2.75) is 31.4 Å². The van der Waals surface area contributed by atoms with Gasteiger partial charge in [0.2, 0.25) is 0 Å².